The molecule has 1 unspecified atom stereocenters. The molecule has 0 aromatic heterocycles. The first-order valence-electron chi connectivity index (χ1n) is 7.05. The Hall–Kier alpha value is -0.120. The third-order valence-corrected chi connectivity index (χ3v) is 3.21. The molecule has 1 N–H and O–H groups in total. The minimum absolute atomic E-state index is 0.193. The smallest absolute Gasteiger partial charge is 0.0900 e. The third-order valence-electron chi connectivity index (χ3n) is 3.21. The first-order chi connectivity index (χ1) is 8.03. The number of rotatable bonds is 10. The van der Waals surface area contributed by atoms with E-state index in [0.717, 1.165) is 25.6 Å². The van der Waals surface area contributed by atoms with Crippen molar-refractivity contribution in [2.75, 3.05) is 26.2 Å². The van der Waals surface area contributed by atoms with Crippen LogP contribution in [0.5, 0.6) is 0 Å². The van der Waals surface area contributed by atoms with Gasteiger partial charge in [-0.15, -0.1) is 0 Å². The molecule has 0 aromatic rings. The zero-order valence-corrected chi connectivity index (χ0v) is 12.3. The van der Waals surface area contributed by atoms with Gasteiger partial charge in [0.15, 0.2) is 0 Å². The van der Waals surface area contributed by atoms with Crippen LogP contribution in [0.4, 0.5) is 0 Å². The maximum atomic E-state index is 9.89. The van der Waals surface area contributed by atoms with Crippen LogP contribution in [-0.4, -0.2) is 48.5 Å². The van der Waals surface area contributed by atoms with Crippen LogP contribution in [0.2, 0.25) is 0 Å². The molecule has 3 nitrogen and oxygen atoms in total. The summed E-state index contributed by atoms with van der Waals surface area (Å²) in [5.41, 5.74) is 0. The summed E-state index contributed by atoms with van der Waals surface area (Å²) in [6, 6.07) is 0. The second kappa shape index (κ2) is 9.86. The Morgan fingerprint density at radius 3 is 2.06 bits per heavy atom. The van der Waals surface area contributed by atoms with Crippen molar-refractivity contribution in [3.63, 3.8) is 0 Å². The molecule has 0 aliphatic rings. The molecule has 0 saturated carbocycles. The summed E-state index contributed by atoms with van der Waals surface area (Å²) in [5, 5.41) is 9.89. The summed E-state index contributed by atoms with van der Waals surface area (Å²) in [6.07, 6.45) is 2.25. The van der Waals surface area contributed by atoms with Crippen LogP contribution in [0.25, 0.3) is 0 Å². The molecule has 1 atom stereocenters. The van der Waals surface area contributed by atoms with Crippen LogP contribution in [0, 0.1) is 5.92 Å². The van der Waals surface area contributed by atoms with Crippen LogP contribution < -0.4 is 0 Å². The lowest BCUT2D eigenvalue weighted by molar-refractivity contribution is -0.00966. The molecule has 104 valence electrons. The second-order valence-corrected chi connectivity index (χ2v) is 5.07. The fourth-order valence-electron chi connectivity index (χ4n) is 1.90. The Balaban J connectivity index is 3.93. The van der Waals surface area contributed by atoms with E-state index in [0.29, 0.717) is 6.61 Å². The summed E-state index contributed by atoms with van der Waals surface area (Å²) in [7, 11) is 0. The highest BCUT2D eigenvalue weighted by Crippen LogP contribution is 2.10. The van der Waals surface area contributed by atoms with Crippen molar-refractivity contribution in [2.24, 2.45) is 5.92 Å². The Kier molecular flexibility index (Phi) is 9.79. The summed E-state index contributed by atoms with van der Waals surface area (Å²) < 4.78 is 5.43. The Morgan fingerprint density at radius 2 is 1.65 bits per heavy atom. The minimum atomic E-state index is -0.369. The molecule has 0 radical (unpaired) electrons. The van der Waals surface area contributed by atoms with Crippen molar-refractivity contribution in [3.8, 4) is 0 Å². The highest BCUT2D eigenvalue weighted by atomic mass is 16.5. The van der Waals surface area contributed by atoms with Crippen LogP contribution >= 0.6 is 0 Å². The largest absolute Gasteiger partial charge is 0.389 e. The van der Waals surface area contributed by atoms with Gasteiger partial charge in [-0.3, -0.25) is 0 Å². The van der Waals surface area contributed by atoms with Crippen LogP contribution in [0.15, 0.2) is 0 Å². The Bertz CT molecular complexity index is 170. The maximum Gasteiger partial charge on any atom is 0.0900 e. The summed E-state index contributed by atoms with van der Waals surface area (Å²) >= 11 is 0. The normalized spacial score (nSPS) is 13.9. The van der Waals surface area contributed by atoms with E-state index < -0.39 is 0 Å². The first-order valence-corrected chi connectivity index (χ1v) is 7.05. The van der Waals surface area contributed by atoms with Crippen molar-refractivity contribution < 1.29 is 9.84 Å². The van der Waals surface area contributed by atoms with Gasteiger partial charge in [0.05, 0.1) is 18.8 Å². The van der Waals surface area contributed by atoms with Crippen molar-refractivity contribution >= 4 is 0 Å². The predicted octanol–water partition coefficient (Wildman–Crippen LogP) is 2.53. The van der Waals surface area contributed by atoms with E-state index >= 15 is 0 Å². The second-order valence-electron chi connectivity index (χ2n) is 5.07. The van der Waals surface area contributed by atoms with Gasteiger partial charge >= 0.3 is 0 Å². The summed E-state index contributed by atoms with van der Waals surface area (Å²) in [5.74, 6) is 0.744. The van der Waals surface area contributed by atoms with Gasteiger partial charge < -0.3 is 14.7 Å². The highest BCUT2D eigenvalue weighted by Gasteiger charge is 2.14. The molecule has 0 aromatic carbocycles. The molecule has 17 heavy (non-hydrogen) atoms. The van der Waals surface area contributed by atoms with Gasteiger partial charge in [0.1, 0.15) is 0 Å². The van der Waals surface area contributed by atoms with Crippen LogP contribution in [-0.2, 0) is 4.74 Å². The third kappa shape index (κ3) is 8.58. The van der Waals surface area contributed by atoms with Crippen LogP contribution in [0.1, 0.15) is 47.5 Å². The zero-order valence-electron chi connectivity index (χ0n) is 12.3. The van der Waals surface area contributed by atoms with Crippen molar-refractivity contribution in [3.05, 3.63) is 0 Å². The van der Waals surface area contributed by atoms with Gasteiger partial charge in [-0.05, 0) is 26.3 Å². The van der Waals surface area contributed by atoms with E-state index in [-0.39, 0.29) is 12.2 Å². The number of hydrogen-bond acceptors (Lipinski definition) is 3. The molecular formula is C14H31NO2. The zero-order chi connectivity index (χ0) is 13.3. The molecule has 0 heterocycles. The molecule has 0 aliphatic heterocycles. The summed E-state index contributed by atoms with van der Waals surface area (Å²) in [6.45, 7) is 13.9. The predicted molar refractivity (Wildman–Crippen MR) is 73.3 cm³/mol. The first kappa shape index (κ1) is 16.9. The number of ether oxygens (including phenoxy) is 1. The molecule has 0 spiro atoms. The molecular weight excluding hydrogens is 214 g/mol. The van der Waals surface area contributed by atoms with E-state index in [1.54, 1.807) is 0 Å². The molecule has 0 bridgehead atoms. The quantitative estimate of drug-likeness (QED) is 0.642. The molecule has 0 amide bonds. The molecule has 3 heteroatoms. The van der Waals surface area contributed by atoms with Crippen molar-refractivity contribution in [2.45, 2.75) is 59.7 Å². The Labute approximate surface area is 107 Å². The topological polar surface area (TPSA) is 32.7 Å². The lowest BCUT2D eigenvalue weighted by Gasteiger charge is -2.27. The van der Waals surface area contributed by atoms with Gasteiger partial charge in [-0.1, -0.05) is 33.6 Å². The highest BCUT2D eigenvalue weighted by molar-refractivity contribution is 4.67. The van der Waals surface area contributed by atoms with E-state index in [9.17, 15) is 5.11 Å². The summed E-state index contributed by atoms with van der Waals surface area (Å²) in [4.78, 5) is 2.33. The SMILES string of the molecule is CCC(CC)CN(CC)CC(O)COC(C)C. The average Bonchev–Trinajstić information content (AvgIpc) is 2.31. The standard InChI is InChI=1S/C14H31NO2/c1-6-13(7-2)9-15(8-3)10-14(16)11-17-12(4)5/h12-14,16H,6-11H2,1-5H3. The van der Waals surface area contributed by atoms with Gasteiger partial charge in [0.2, 0.25) is 0 Å². The van der Waals surface area contributed by atoms with Crippen molar-refractivity contribution in [1.29, 1.82) is 0 Å². The van der Waals surface area contributed by atoms with Crippen molar-refractivity contribution in [1.82, 2.24) is 4.90 Å². The van der Waals surface area contributed by atoms with E-state index in [2.05, 4.69) is 25.7 Å². The fraction of sp³-hybridized carbons (Fsp3) is 1.00. The van der Waals surface area contributed by atoms with Gasteiger partial charge in [-0.25, -0.2) is 0 Å². The number of likely N-dealkylation sites (N-methyl/N-ethyl adjacent to an activating group) is 1. The lowest BCUT2D eigenvalue weighted by atomic mass is 10.0. The fourth-order valence-corrected chi connectivity index (χ4v) is 1.90. The lowest BCUT2D eigenvalue weighted by Crippen LogP contribution is -2.38. The molecule has 0 aliphatic carbocycles. The number of aliphatic hydroxyl groups excluding tert-OH is 1. The number of aliphatic hydroxyl groups is 1. The monoisotopic (exact) mass is 245 g/mol. The maximum absolute atomic E-state index is 9.89. The Morgan fingerprint density at radius 1 is 1.06 bits per heavy atom. The molecule has 0 fully saturated rings. The van der Waals surface area contributed by atoms with E-state index in [1.807, 2.05) is 13.8 Å². The molecule has 0 saturated heterocycles. The minimum Gasteiger partial charge on any atom is -0.389 e. The van der Waals surface area contributed by atoms with Gasteiger partial charge in [-0.2, -0.15) is 0 Å². The number of nitrogens with zero attached hydrogens (tertiary/aromatic N) is 1. The molecule has 0 rings (SSSR count). The van der Waals surface area contributed by atoms with E-state index in [4.69, 9.17) is 4.74 Å². The average molecular weight is 245 g/mol. The number of hydrogen-bond donors (Lipinski definition) is 1. The van der Waals surface area contributed by atoms with Gasteiger partial charge in [0, 0.05) is 13.1 Å². The van der Waals surface area contributed by atoms with E-state index in [1.165, 1.54) is 12.8 Å². The van der Waals surface area contributed by atoms with Gasteiger partial charge in [0.25, 0.3) is 0 Å². The van der Waals surface area contributed by atoms with Crippen LogP contribution in [0.3, 0.4) is 0 Å².